The van der Waals surface area contributed by atoms with Crippen LogP contribution in [0, 0.1) is 0 Å². The summed E-state index contributed by atoms with van der Waals surface area (Å²) in [4.78, 5) is 2.31. The molecule has 0 bridgehead atoms. The van der Waals surface area contributed by atoms with Crippen LogP contribution >= 0.6 is 0 Å². The van der Waals surface area contributed by atoms with E-state index in [1.165, 1.54) is 21.9 Å². The summed E-state index contributed by atoms with van der Waals surface area (Å²) in [5.74, 6) is 0. The minimum atomic E-state index is 0.857. The highest BCUT2D eigenvalue weighted by Crippen LogP contribution is 2.44. The Bertz CT molecular complexity index is 3490. The third-order valence-electron chi connectivity index (χ3n) is 11.6. The largest absolute Gasteiger partial charge is 0.454 e. The first-order chi connectivity index (χ1) is 28.8. The maximum Gasteiger partial charge on any atom is 0.213 e. The zero-order valence-electron chi connectivity index (χ0n) is 31.3. The summed E-state index contributed by atoms with van der Waals surface area (Å²) in [5, 5.41) is 8.09. The minimum absolute atomic E-state index is 0.857. The molecule has 0 unspecified atom stereocenters. The second-order valence-electron chi connectivity index (χ2n) is 14.9. The maximum absolute atomic E-state index is 6.62. The molecule has 4 nitrogen and oxygen atoms in total. The molecule has 0 aliphatic carbocycles. The Hall–Kier alpha value is -7.82. The first kappa shape index (κ1) is 32.4. The SMILES string of the molecule is c1ccc(-n2c3ccc(-c4ccc(N(c5ccc(-c6cccc7ccccc67)cc5)c5cccc6c5oc5ccccc56)cc4)cc3c3c4ccccc4oc32)cc1. The number of para-hydroxylation sites is 4. The Morgan fingerprint density at radius 1 is 0.397 bits per heavy atom. The number of hydrogen-bond acceptors (Lipinski definition) is 3. The normalized spacial score (nSPS) is 11.8. The molecule has 0 aliphatic rings. The van der Waals surface area contributed by atoms with Crippen molar-refractivity contribution in [2.24, 2.45) is 0 Å². The lowest BCUT2D eigenvalue weighted by molar-refractivity contribution is 0.645. The van der Waals surface area contributed by atoms with Crippen LogP contribution in [0.3, 0.4) is 0 Å². The van der Waals surface area contributed by atoms with Gasteiger partial charge in [-0.05, 0) is 99.8 Å². The van der Waals surface area contributed by atoms with Gasteiger partial charge in [0.1, 0.15) is 11.2 Å². The lowest BCUT2D eigenvalue weighted by Gasteiger charge is -2.26. The van der Waals surface area contributed by atoms with Crippen molar-refractivity contribution in [3.63, 3.8) is 0 Å². The van der Waals surface area contributed by atoms with Crippen LogP contribution in [0.5, 0.6) is 0 Å². The van der Waals surface area contributed by atoms with Crippen LogP contribution in [0.2, 0.25) is 0 Å². The van der Waals surface area contributed by atoms with Crippen molar-refractivity contribution in [1.29, 1.82) is 0 Å². The van der Waals surface area contributed by atoms with Gasteiger partial charge in [-0.25, -0.2) is 0 Å². The molecule has 272 valence electrons. The zero-order chi connectivity index (χ0) is 38.2. The topological polar surface area (TPSA) is 34.5 Å². The molecule has 0 spiro atoms. The highest BCUT2D eigenvalue weighted by Gasteiger charge is 2.22. The Morgan fingerprint density at radius 2 is 1.00 bits per heavy atom. The average Bonchev–Trinajstić information content (AvgIpc) is 3.96. The molecule has 0 aliphatic heterocycles. The number of rotatable bonds is 6. The predicted molar refractivity (Wildman–Crippen MR) is 241 cm³/mol. The van der Waals surface area contributed by atoms with Crippen molar-refractivity contribution in [3.05, 3.63) is 206 Å². The number of nitrogens with zero attached hydrogens (tertiary/aromatic N) is 2. The molecule has 0 amide bonds. The number of anilines is 3. The fourth-order valence-electron chi connectivity index (χ4n) is 8.91. The number of fused-ring (bicyclic) bond motifs is 9. The van der Waals surface area contributed by atoms with Gasteiger partial charge in [0.2, 0.25) is 5.71 Å². The van der Waals surface area contributed by atoms with Gasteiger partial charge in [0, 0.05) is 38.6 Å². The highest BCUT2D eigenvalue weighted by molar-refractivity contribution is 6.20. The molecule has 4 heteroatoms. The number of benzene rings is 9. The van der Waals surface area contributed by atoms with Crippen LogP contribution in [0.15, 0.2) is 215 Å². The number of hydrogen-bond donors (Lipinski definition) is 0. The lowest BCUT2D eigenvalue weighted by Crippen LogP contribution is -2.10. The van der Waals surface area contributed by atoms with E-state index in [0.717, 1.165) is 88.8 Å². The molecule has 0 radical (unpaired) electrons. The fourth-order valence-corrected chi connectivity index (χ4v) is 8.91. The van der Waals surface area contributed by atoms with Crippen LogP contribution in [0.1, 0.15) is 0 Å². The van der Waals surface area contributed by atoms with Gasteiger partial charge in [0.25, 0.3) is 0 Å². The molecule has 58 heavy (non-hydrogen) atoms. The Labute approximate surface area is 334 Å². The fraction of sp³-hybridized carbons (Fsp3) is 0. The number of aromatic nitrogens is 1. The number of furan rings is 2. The quantitative estimate of drug-likeness (QED) is 0.170. The van der Waals surface area contributed by atoms with E-state index >= 15 is 0 Å². The van der Waals surface area contributed by atoms with Crippen LogP contribution in [0.4, 0.5) is 17.1 Å². The second-order valence-corrected chi connectivity index (χ2v) is 14.9. The van der Waals surface area contributed by atoms with E-state index in [2.05, 4.69) is 185 Å². The van der Waals surface area contributed by atoms with Crippen LogP contribution in [-0.4, -0.2) is 4.57 Å². The molecule has 0 saturated heterocycles. The van der Waals surface area contributed by atoms with Crippen LogP contribution in [0.25, 0.3) is 93.6 Å². The van der Waals surface area contributed by atoms with Crippen molar-refractivity contribution >= 4 is 82.7 Å². The van der Waals surface area contributed by atoms with Gasteiger partial charge in [0.15, 0.2) is 5.58 Å². The van der Waals surface area contributed by atoms with Gasteiger partial charge in [-0.15, -0.1) is 0 Å². The Kier molecular flexibility index (Phi) is 7.20. The van der Waals surface area contributed by atoms with E-state index in [1.54, 1.807) is 0 Å². The minimum Gasteiger partial charge on any atom is -0.454 e. The van der Waals surface area contributed by atoms with Crippen molar-refractivity contribution in [1.82, 2.24) is 4.57 Å². The molecule has 12 rings (SSSR count). The molecule has 3 aromatic heterocycles. The maximum atomic E-state index is 6.62. The van der Waals surface area contributed by atoms with Gasteiger partial charge in [-0.3, -0.25) is 4.57 Å². The van der Waals surface area contributed by atoms with Crippen LogP contribution in [-0.2, 0) is 0 Å². The molecule has 12 aromatic rings. The average molecular weight is 743 g/mol. The molecule has 9 aromatic carbocycles. The Balaban J connectivity index is 0.996. The van der Waals surface area contributed by atoms with Gasteiger partial charge in [-0.2, -0.15) is 0 Å². The third kappa shape index (κ3) is 5.02. The predicted octanol–water partition coefficient (Wildman–Crippen LogP) is 15.4. The first-order valence-electron chi connectivity index (χ1n) is 19.7. The van der Waals surface area contributed by atoms with Crippen LogP contribution < -0.4 is 4.90 Å². The van der Waals surface area contributed by atoms with Gasteiger partial charge >= 0.3 is 0 Å². The van der Waals surface area contributed by atoms with E-state index in [4.69, 9.17) is 8.83 Å². The van der Waals surface area contributed by atoms with E-state index in [9.17, 15) is 0 Å². The summed E-state index contributed by atoms with van der Waals surface area (Å²) in [6.45, 7) is 0. The highest BCUT2D eigenvalue weighted by atomic mass is 16.3. The molecule has 0 atom stereocenters. The van der Waals surface area contributed by atoms with Crippen molar-refractivity contribution < 1.29 is 8.83 Å². The van der Waals surface area contributed by atoms with E-state index in [1.807, 2.05) is 30.3 Å². The smallest absolute Gasteiger partial charge is 0.213 e. The summed E-state index contributed by atoms with van der Waals surface area (Å²) in [6, 6.07) is 73.1. The Morgan fingerprint density at radius 3 is 1.79 bits per heavy atom. The summed E-state index contributed by atoms with van der Waals surface area (Å²) >= 11 is 0. The van der Waals surface area contributed by atoms with Crippen molar-refractivity contribution in [2.45, 2.75) is 0 Å². The second kappa shape index (κ2) is 12.9. The van der Waals surface area contributed by atoms with Crippen molar-refractivity contribution in [3.8, 4) is 27.9 Å². The molecule has 0 N–H and O–H groups in total. The summed E-state index contributed by atoms with van der Waals surface area (Å²) in [7, 11) is 0. The third-order valence-corrected chi connectivity index (χ3v) is 11.6. The van der Waals surface area contributed by atoms with Gasteiger partial charge < -0.3 is 13.7 Å². The molecule has 3 heterocycles. The first-order valence-corrected chi connectivity index (χ1v) is 19.7. The molecule has 0 fully saturated rings. The zero-order valence-corrected chi connectivity index (χ0v) is 31.3. The van der Waals surface area contributed by atoms with E-state index in [0.29, 0.717) is 0 Å². The standard InChI is InChI=1S/C54H34N2O2/c1-2-14-39(15-3-1)56-48-33-28-38(34-47(48)52-46-18-7-9-23-51(46)58-54(52)56)35-24-29-40(30-25-35)55(49-21-11-20-45-44-17-6-8-22-50(44)57-53(45)49)41-31-26-37(27-32-41)43-19-10-13-36-12-4-5-16-42(36)43/h1-34H. The summed E-state index contributed by atoms with van der Waals surface area (Å²) in [6.07, 6.45) is 0. The molecule has 0 saturated carbocycles. The molecular weight excluding hydrogens is 709 g/mol. The van der Waals surface area contributed by atoms with Gasteiger partial charge in [-0.1, -0.05) is 140 Å². The van der Waals surface area contributed by atoms with E-state index < -0.39 is 0 Å². The molecular formula is C54H34N2O2. The van der Waals surface area contributed by atoms with E-state index in [-0.39, 0.29) is 0 Å². The van der Waals surface area contributed by atoms with Crippen molar-refractivity contribution in [2.75, 3.05) is 4.90 Å². The summed E-state index contributed by atoms with van der Waals surface area (Å²) in [5.41, 5.74) is 13.4. The monoisotopic (exact) mass is 742 g/mol. The summed E-state index contributed by atoms with van der Waals surface area (Å²) < 4.78 is 15.4. The lowest BCUT2D eigenvalue weighted by atomic mass is 9.98. The van der Waals surface area contributed by atoms with Gasteiger partial charge in [0.05, 0.1) is 16.6 Å².